The molecule has 0 saturated carbocycles. The van der Waals surface area contributed by atoms with Crippen LogP contribution in [0, 0.1) is 13.8 Å². The number of carbonyl (C=O) groups excluding carboxylic acids is 1. The Hall–Kier alpha value is -2.54. The normalized spacial score (nSPS) is 11.1. The Morgan fingerprint density at radius 2 is 1.78 bits per heavy atom. The summed E-state index contributed by atoms with van der Waals surface area (Å²) in [5.74, 6) is -0.301. The number of aryl methyl sites for hydroxylation is 2. The van der Waals surface area contributed by atoms with Crippen LogP contribution in [0.2, 0.25) is 0 Å². The minimum Gasteiger partial charge on any atom is -0.370 e. The van der Waals surface area contributed by atoms with Crippen molar-refractivity contribution < 1.29 is 13.2 Å². The highest BCUT2D eigenvalue weighted by atomic mass is 32.2. The van der Waals surface area contributed by atoms with Gasteiger partial charge in [-0.05, 0) is 50.6 Å². The number of amides is 1. The van der Waals surface area contributed by atoms with Gasteiger partial charge in [-0.1, -0.05) is 23.8 Å². The summed E-state index contributed by atoms with van der Waals surface area (Å²) in [5.41, 5.74) is 3.78. The van der Waals surface area contributed by atoms with Crippen molar-refractivity contribution in [3.8, 4) is 0 Å². The second-order valence-corrected chi connectivity index (χ2v) is 8.35. The third-order valence-corrected chi connectivity index (χ3v) is 4.72. The van der Waals surface area contributed by atoms with E-state index in [-0.39, 0.29) is 11.6 Å². The maximum absolute atomic E-state index is 12.6. The molecule has 2 aromatic carbocycles. The first-order valence-electron chi connectivity index (χ1n) is 8.88. The maximum atomic E-state index is 12.6. The lowest BCUT2D eigenvalue weighted by molar-refractivity contribution is 0.0955. The van der Waals surface area contributed by atoms with Gasteiger partial charge in [0.25, 0.3) is 5.91 Å². The summed E-state index contributed by atoms with van der Waals surface area (Å²) in [6.45, 7) is 7.91. The molecule has 2 aromatic rings. The maximum Gasteiger partial charge on any atom is 0.253 e. The van der Waals surface area contributed by atoms with Crippen LogP contribution in [0.5, 0.6) is 0 Å². The molecule has 146 valence electrons. The zero-order valence-electron chi connectivity index (χ0n) is 16.2. The Kier molecular flexibility index (Phi) is 6.85. The van der Waals surface area contributed by atoms with E-state index >= 15 is 0 Å². The van der Waals surface area contributed by atoms with Gasteiger partial charge < -0.3 is 10.2 Å². The monoisotopic (exact) mass is 389 g/mol. The lowest BCUT2D eigenvalue weighted by Gasteiger charge is -2.23. The molecule has 0 aromatic heterocycles. The first kappa shape index (κ1) is 20.8. The standard InChI is InChI=1S/C20H27N3O3S/c1-5-23(17-8-6-7-15(2)13-17)12-11-21-20(24)18-14-16(3)9-10-19(18)22-27(4,25)26/h6-10,13-14,22H,5,11-12H2,1-4H3,(H,21,24). The molecule has 0 unspecified atom stereocenters. The minimum atomic E-state index is -3.46. The molecule has 0 aliphatic heterocycles. The first-order chi connectivity index (χ1) is 12.7. The molecule has 0 aliphatic rings. The molecule has 0 fully saturated rings. The van der Waals surface area contributed by atoms with Crippen LogP contribution in [0.4, 0.5) is 11.4 Å². The number of nitrogens with zero attached hydrogens (tertiary/aromatic N) is 1. The predicted molar refractivity (Wildman–Crippen MR) is 111 cm³/mol. The predicted octanol–water partition coefficient (Wildman–Crippen LogP) is 2.93. The van der Waals surface area contributed by atoms with Crippen molar-refractivity contribution in [2.24, 2.45) is 0 Å². The molecule has 7 heteroatoms. The van der Waals surface area contributed by atoms with Gasteiger partial charge in [0, 0.05) is 25.3 Å². The summed E-state index contributed by atoms with van der Waals surface area (Å²) in [6.07, 6.45) is 1.06. The highest BCUT2D eigenvalue weighted by molar-refractivity contribution is 7.92. The molecule has 0 heterocycles. The van der Waals surface area contributed by atoms with E-state index in [0.29, 0.717) is 18.7 Å². The smallest absolute Gasteiger partial charge is 0.253 e. The number of rotatable bonds is 8. The topological polar surface area (TPSA) is 78.5 Å². The number of likely N-dealkylation sites (N-methyl/N-ethyl adjacent to an activating group) is 1. The van der Waals surface area contributed by atoms with Gasteiger partial charge >= 0.3 is 0 Å². The zero-order valence-corrected chi connectivity index (χ0v) is 17.1. The highest BCUT2D eigenvalue weighted by Crippen LogP contribution is 2.19. The molecular formula is C20H27N3O3S. The van der Waals surface area contributed by atoms with Gasteiger partial charge in [0.15, 0.2) is 0 Å². The summed E-state index contributed by atoms with van der Waals surface area (Å²) in [7, 11) is -3.46. The molecule has 27 heavy (non-hydrogen) atoms. The molecule has 2 rings (SSSR count). The van der Waals surface area contributed by atoms with Gasteiger partial charge in [-0.25, -0.2) is 8.42 Å². The largest absolute Gasteiger partial charge is 0.370 e. The zero-order chi connectivity index (χ0) is 20.0. The lowest BCUT2D eigenvalue weighted by Crippen LogP contribution is -2.35. The Morgan fingerprint density at radius 1 is 1.07 bits per heavy atom. The molecule has 2 N–H and O–H groups in total. The molecule has 0 saturated heterocycles. The fourth-order valence-corrected chi connectivity index (χ4v) is 3.41. The van der Waals surface area contributed by atoms with Crippen molar-refractivity contribution in [2.45, 2.75) is 20.8 Å². The Morgan fingerprint density at radius 3 is 2.41 bits per heavy atom. The van der Waals surface area contributed by atoms with Crippen molar-refractivity contribution in [1.29, 1.82) is 0 Å². The van der Waals surface area contributed by atoms with Crippen LogP contribution < -0.4 is 14.9 Å². The highest BCUT2D eigenvalue weighted by Gasteiger charge is 2.15. The molecular weight excluding hydrogens is 362 g/mol. The molecule has 6 nitrogen and oxygen atoms in total. The van der Waals surface area contributed by atoms with Gasteiger partial charge in [0.05, 0.1) is 17.5 Å². The summed E-state index contributed by atoms with van der Waals surface area (Å²) in [4.78, 5) is 14.8. The average Bonchev–Trinajstić information content (AvgIpc) is 2.59. The first-order valence-corrected chi connectivity index (χ1v) is 10.8. The SMILES string of the molecule is CCN(CCNC(=O)c1cc(C)ccc1NS(C)(=O)=O)c1cccc(C)c1. The minimum absolute atomic E-state index is 0.284. The number of hydrogen-bond donors (Lipinski definition) is 2. The fourth-order valence-electron chi connectivity index (χ4n) is 2.83. The van der Waals surface area contributed by atoms with E-state index in [9.17, 15) is 13.2 Å². The van der Waals surface area contributed by atoms with E-state index in [0.717, 1.165) is 24.1 Å². The summed E-state index contributed by atoms with van der Waals surface area (Å²) < 4.78 is 25.5. The molecule has 0 radical (unpaired) electrons. The summed E-state index contributed by atoms with van der Waals surface area (Å²) in [5, 5.41) is 2.89. The van der Waals surface area contributed by atoms with E-state index in [1.807, 2.05) is 32.0 Å². The van der Waals surface area contributed by atoms with Crippen molar-refractivity contribution in [2.75, 3.05) is 35.5 Å². The summed E-state index contributed by atoms with van der Waals surface area (Å²) >= 11 is 0. The van der Waals surface area contributed by atoms with Gasteiger partial charge in [0.2, 0.25) is 10.0 Å². The molecule has 0 bridgehead atoms. The lowest BCUT2D eigenvalue weighted by atomic mass is 10.1. The summed E-state index contributed by atoms with van der Waals surface area (Å²) in [6, 6.07) is 13.3. The third kappa shape index (κ3) is 6.29. The molecule has 0 atom stereocenters. The van der Waals surface area contributed by atoms with Crippen LogP contribution in [-0.2, 0) is 10.0 Å². The van der Waals surface area contributed by atoms with Crippen molar-refractivity contribution >= 4 is 27.3 Å². The number of carbonyl (C=O) groups is 1. The average molecular weight is 390 g/mol. The van der Waals surface area contributed by atoms with Gasteiger partial charge in [-0.15, -0.1) is 0 Å². The number of anilines is 2. The van der Waals surface area contributed by atoms with Crippen LogP contribution in [0.15, 0.2) is 42.5 Å². The number of sulfonamides is 1. The Labute approximate surface area is 161 Å². The van der Waals surface area contributed by atoms with Crippen LogP contribution in [0.25, 0.3) is 0 Å². The van der Waals surface area contributed by atoms with Crippen molar-refractivity contribution in [1.82, 2.24) is 5.32 Å². The van der Waals surface area contributed by atoms with E-state index < -0.39 is 10.0 Å². The molecule has 1 amide bonds. The van der Waals surface area contributed by atoms with Crippen LogP contribution in [0.3, 0.4) is 0 Å². The van der Waals surface area contributed by atoms with Crippen molar-refractivity contribution in [3.05, 3.63) is 59.2 Å². The number of benzene rings is 2. The molecule has 0 aliphatic carbocycles. The van der Waals surface area contributed by atoms with Gasteiger partial charge in [-0.3, -0.25) is 9.52 Å². The Bertz CT molecular complexity index is 910. The second kappa shape index (κ2) is 8.90. The van der Waals surface area contributed by atoms with Crippen LogP contribution in [-0.4, -0.2) is 40.2 Å². The Balaban J connectivity index is 2.06. The van der Waals surface area contributed by atoms with E-state index in [1.54, 1.807) is 18.2 Å². The van der Waals surface area contributed by atoms with Gasteiger partial charge in [-0.2, -0.15) is 0 Å². The quantitative estimate of drug-likeness (QED) is 0.728. The van der Waals surface area contributed by atoms with Crippen LogP contribution >= 0.6 is 0 Å². The van der Waals surface area contributed by atoms with Gasteiger partial charge in [0.1, 0.15) is 0 Å². The van der Waals surface area contributed by atoms with E-state index in [4.69, 9.17) is 0 Å². The van der Waals surface area contributed by atoms with E-state index in [1.165, 1.54) is 5.56 Å². The number of nitrogens with one attached hydrogen (secondary N) is 2. The van der Waals surface area contributed by atoms with E-state index in [2.05, 4.69) is 27.9 Å². The van der Waals surface area contributed by atoms with Crippen LogP contribution in [0.1, 0.15) is 28.4 Å². The number of hydrogen-bond acceptors (Lipinski definition) is 4. The fraction of sp³-hybridized carbons (Fsp3) is 0.350. The molecule has 0 spiro atoms. The van der Waals surface area contributed by atoms with Crippen molar-refractivity contribution in [3.63, 3.8) is 0 Å². The third-order valence-electron chi connectivity index (χ3n) is 4.13. The second-order valence-electron chi connectivity index (χ2n) is 6.60.